The van der Waals surface area contributed by atoms with Gasteiger partial charge in [-0.15, -0.1) is 0 Å². The van der Waals surface area contributed by atoms with Crippen LogP contribution in [0.25, 0.3) is 10.8 Å². The van der Waals surface area contributed by atoms with E-state index in [0.717, 1.165) is 16.5 Å². The fraction of sp³-hybridized carbons (Fsp3) is 0.231. The summed E-state index contributed by atoms with van der Waals surface area (Å²) >= 11 is 0. The lowest BCUT2D eigenvalue weighted by molar-refractivity contribution is -0.140. The van der Waals surface area contributed by atoms with Crippen molar-refractivity contribution in [1.82, 2.24) is 4.98 Å². The van der Waals surface area contributed by atoms with E-state index in [4.69, 9.17) is 10.5 Å². The van der Waals surface area contributed by atoms with Gasteiger partial charge in [-0.25, -0.2) is 0 Å². The van der Waals surface area contributed by atoms with Gasteiger partial charge in [0, 0.05) is 34.5 Å². The largest absolute Gasteiger partial charge is 0.465 e. The number of hydrogen-bond acceptors (Lipinski definition) is 5. The van der Waals surface area contributed by atoms with Crippen LogP contribution in [0, 0.1) is 0 Å². The molecule has 18 heavy (non-hydrogen) atoms. The Labute approximate surface area is 105 Å². The molecule has 2 aromatic rings. The molecule has 1 heterocycles. The summed E-state index contributed by atoms with van der Waals surface area (Å²) in [7, 11) is 0. The fourth-order valence-electron chi connectivity index (χ4n) is 1.75. The molecule has 0 aliphatic heterocycles. The highest BCUT2D eigenvalue weighted by Gasteiger charge is 2.06. The summed E-state index contributed by atoms with van der Waals surface area (Å²) in [5, 5.41) is 4.85. The maximum atomic E-state index is 11.3. The zero-order valence-electron chi connectivity index (χ0n) is 10.1. The van der Waals surface area contributed by atoms with Gasteiger partial charge >= 0.3 is 5.97 Å². The molecule has 0 radical (unpaired) electrons. The van der Waals surface area contributed by atoms with Crippen molar-refractivity contribution in [3.05, 3.63) is 30.6 Å². The van der Waals surface area contributed by atoms with E-state index in [1.807, 2.05) is 12.1 Å². The Morgan fingerprint density at radius 3 is 3.00 bits per heavy atom. The Hall–Kier alpha value is -2.30. The Morgan fingerprint density at radius 1 is 1.39 bits per heavy atom. The number of fused-ring (bicyclic) bond motifs is 1. The second-order valence-corrected chi connectivity index (χ2v) is 3.78. The van der Waals surface area contributed by atoms with Crippen LogP contribution in [0.1, 0.15) is 6.92 Å². The van der Waals surface area contributed by atoms with Gasteiger partial charge in [0.2, 0.25) is 0 Å². The molecule has 0 aliphatic rings. The fourth-order valence-corrected chi connectivity index (χ4v) is 1.75. The molecule has 0 bridgehead atoms. The number of carbonyl (C=O) groups is 1. The standard InChI is InChI=1S/C13H15N3O2/c1-2-18-13(17)8-16-12-4-3-11(14)10-7-15-6-5-9(10)12/h3-7,16H,2,8,14H2,1H3. The number of hydrogen-bond donors (Lipinski definition) is 2. The Kier molecular flexibility index (Phi) is 3.62. The number of nitrogens with one attached hydrogen (secondary N) is 1. The number of rotatable bonds is 4. The van der Waals surface area contributed by atoms with E-state index in [9.17, 15) is 4.79 Å². The van der Waals surface area contributed by atoms with Crippen molar-refractivity contribution in [2.24, 2.45) is 0 Å². The predicted molar refractivity (Wildman–Crippen MR) is 71.3 cm³/mol. The van der Waals surface area contributed by atoms with Crippen LogP contribution in [0.4, 0.5) is 11.4 Å². The van der Waals surface area contributed by atoms with Crippen molar-refractivity contribution in [2.45, 2.75) is 6.92 Å². The van der Waals surface area contributed by atoms with E-state index in [0.29, 0.717) is 12.3 Å². The zero-order valence-corrected chi connectivity index (χ0v) is 10.1. The minimum atomic E-state index is -0.281. The van der Waals surface area contributed by atoms with Crippen LogP contribution >= 0.6 is 0 Å². The van der Waals surface area contributed by atoms with E-state index in [1.165, 1.54) is 0 Å². The highest BCUT2D eigenvalue weighted by Crippen LogP contribution is 2.27. The van der Waals surface area contributed by atoms with Crippen molar-refractivity contribution < 1.29 is 9.53 Å². The quantitative estimate of drug-likeness (QED) is 0.634. The van der Waals surface area contributed by atoms with Gasteiger partial charge in [0.15, 0.2) is 0 Å². The summed E-state index contributed by atoms with van der Waals surface area (Å²) in [4.78, 5) is 15.3. The number of anilines is 2. The van der Waals surface area contributed by atoms with Gasteiger partial charge < -0.3 is 15.8 Å². The van der Waals surface area contributed by atoms with Crippen LogP contribution in [0.5, 0.6) is 0 Å². The molecule has 2 rings (SSSR count). The van der Waals surface area contributed by atoms with Gasteiger partial charge in [0.25, 0.3) is 0 Å². The number of esters is 1. The topological polar surface area (TPSA) is 77.2 Å². The highest BCUT2D eigenvalue weighted by atomic mass is 16.5. The van der Waals surface area contributed by atoms with Crippen LogP contribution in [-0.4, -0.2) is 24.1 Å². The Balaban J connectivity index is 2.24. The minimum absolute atomic E-state index is 0.134. The SMILES string of the molecule is CCOC(=O)CNc1ccc(N)c2cnccc12. The molecule has 0 aliphatic carbocycles. The molecule has 3 N–H and O–H groups in total. The monoisotopic (exact) mass is 245 g/mol. The van der Waals surface area contributed by atoms with E-state index in [1.54, 1.807) is 25.4 Å². The summed E-state index contributed by atoms with van der Waals surface area (Å²) in [5.41, 5.74) is 7.38. The lowest BCUT2D eigenvalue weighted by Crippen LogP contribution is -2.16. The van der Waals surface area contributed by atoms with Crippen LogP contribution in [0.15, 0.2) is 30.6 Å². The molecular weight excluding hydrogens is 230 g/mol. The molecule has 0 atom stereocenters. The minimum Gasteiger partial charge on any atom is -0.465 e. The van der Waals surface area contributed by atoms with E-state index < -0.39 is 0 Å². The van der Waals surface area contributed by atoms with Crippen LogP contribution in [0.3, 0.4) is 0 Å². The molecule has 0 spiro atoms. The van der Waals surface area contributed by atoms with Gasteiger partial charge in [-0.1, -0.05) is 0 Å². The van der Waals surface area contributed by atoms with Gasteiger partial charge in [-0.05, 0) is 25.1 Å². The van der Waals surface area contributed by atoms with Gasteiger partial charge in [0.1, 0.15) is 6.54 Å². The second kappa shape index (κ2) is 5.35. The maximum Gasteiger partial charge on any atom is 0.325 e. The van der Waals surface area contributed by atoms with Crippen molar-refractivity contribution in [3.63, 3.8) is 0 Å². The molecule has 0 amide bonds. The number of benzene rings is 1. The van der Waals surface area contributed by atoms with Gasteiger partial charge in [0.05, 0.1) is 6.61 Å². The molecule has 5 heteroatoms. The number of nitrogen functional groups attached to an aromatic ring is 1. The first-order valence-electron chi connectivity index (χ1n) is 5.74. The van der Waals surface area contributed by atoms with Gasteiger partial charge in [-0.2, -0.15) is 0 Å². The molecule has 0 unspecified atom stereocenters. The van der Waals surface area contributed by atoms with Crippen molar-refractivity contribution in [2.75, 3.05) is 24.2 Å². The lowest BCUT2D eigenvalue weighted by Gasteiger charge is -2.10. The molecule has 0 saturated heterocycles. The molecule has 1 aromatic carbocycles. The summed E-state index contributed by atoms with van der Waals surface area (Å²) in [6, 6.07) is 5.49. The Bertz CT molecular complexity index is 569. The first-order chi connectivity index (χ1) is 8.72. The van der Waals surface area contributed by atoms with Crippen LogP contribution in [-0.2, 0) is 9.53 Å². The third-order valence-corrected chi connectivity index (χ3v) is 2.58. The normalized spacial score (nSPS) is 10.3. The summed E-state index contributed by atoms with van der Waals surface area (Å²) in [5.74, 6) is -0.281. The number of nitrogens with two attached hydrogens (primary N) is 1. The van der Waals surface area contributed by atoms with E-state index in [-0.39, 0.29) is 12.5 Å². The molecular formula is C13H15N3O2. The number of pyridine rings is 1. The smallest absolute Gasteiger partial charge is 0.325 e. The number of ether oxygens (including phenoxy) is 1. The summed E-state index contributed by atoms with van der Waals surface area (Å²) in [6.07, 6.45) is 3.40. The molecule has 0 saturated carbocycles. The first-order valence-corrected chi connectivity index (χ1v) is 5.74. The molecule has 1 aromatic heterocycles. The van der Waals surface area contributed by atoms with Crippen molar-refractivity contribution >= 4 is 28.1 Å². The van der Waals surface area contributed by atoms with Gasteiger partial charge in [-0.3, -0.25) is 9.78 Å². The Morgan fingerprint density at radius 2 is 2.22 bits per heavy atom. The molecule has 0 fully saturated rings. The average Bonchev–Trinajstić information content (AvgIpc) is 2.39. The van der Waals surface area contributed by atoms with Crippen LogP contribution in [0.2, 0.25) is 0 Å². The summed E-state index contributed by atoms with van der Waals surface area (Å²) < 4.78 is 4.86. The second-order valence-electron chi connectivity index (χ2n) is 3.78. The third kappa shape index (κ3) is 2.51. The zero-order chi connectivity index (χ0) is 13.0. The molecule has 94 valence electrons. The molecule has 5 nitrogen and oxygen atoms in total. The lowest BCUT2D eigenvalue weighted by atomic mass is 10.1. The average molecular weight is 245 g/mol. The van der Waals surface area contributed by atoms with Crippen LogP contribution < -0.4 is 11.1 Å². The van der Waals surface area contributed by atoms with Crippen molar-refractivity contribution in [1.29, 1.82) is 0 Å². The van der Waals surface area contributed by atoms with Crippen molar-refractivity contribution in [3.8, 4) is 0 Å². The summed E-state index contributed by atoms with van der Waals surface area (Å²) in [6.45, 7) is 2.30. The maximum absolute atomic E-state index is 11.3. The highest BCUT2D eigenvalue weighted by molar-refractivity contribution is 6.01. The number of nitrogens with zero attached hydrogens (tertiary/aromatic N) is 1. The van der Waals surface area contributed by atoms with E-state index >= 15 is 0 Å². The number of aromatic nitrogens is 1. The third-order valence-electron chi connectivity index (χ3n) is 2.58. The van der Waals surface area contributed by atoms with E-state index in [2.05, 4.69) is 10.3 Å². The predicted octanol–water partition coefficient (Wildman–Crippen LogP) is 1.79. The first kappa shape index (κ1) is 12.2. The number of carbonyl (C=O) groups excluding carboxylic acids is 1.